The van der Waals surface area contributed by atoms with E-state index in [4.69, 9.17) is 11.6 Å². The minimum Gasteiger partial charge on any atom is -0.345 e. The number of nitrogens with one attached hydrogen (secondary N) is 2. The van der Waals surface area contributed by atoms with Crippen LogP contribution in [0.15, 0.2) is 90.0 Å². The number of nitrogens with zero attached hydrogens (tertiary/aromatic N) is 1. The van der Waals surface area contributed by atoms with E-state index in [1.165, 1.54) is 12.3 Å². The Balaban J connectivity index is 1.66. The van der Waals surface area contributed by atoms with Crippen LogP contribution >= 0.6 is 11.6 Å². The Bertz CT molecular complexity index is 1410. The third-order valence-corrected chi connectivity index (χ3v) is 7.03. The number of rotatable bonds is 7. The van der Waals surface area contributed by atoms with E-state index in [1.807, 2.05) is 37.3 Å². The molecule has 0 fully saturated rings. The first-order valence-electron chi connectivity index (χ1n) is 10.4. The first-order chi connectivity index (χ1) is 15.9. The number of sulfonamides is 1. The number of hydrogen-bond acceptors (Lipinski definition) is 4. The monoisotopic (exact) mass is 479 g/mol. The van der Waals surface area contributed by atoms with E-state index >= 15 is 0 Å². The summed E-state index contributed by atoms with van der Waals surface area (Å²) in [6.45, 7) is 1.98. The molecule has 0 saturated heterocycles. The number of hydrogen-bond donors (Lipinski definition) is 2. The van der Waals surface area contributed by atoms with Crippen molar-refractivity contribution >= 4 is 44.1 Å². The minimum atomic E-state index is -4.05. The van der Waals surface area contributed by atoms with Gasteiger partial charge in [-0.3, -0.25) is 14.5 Å². The van der Waals surface area contributed by atoms with Crippen LogP contribution in [0.1, 0.15) is 35.3 Å². The second kappa shape index (κ2) is 9.60. The molecule has 0 aliphatic carbocycles. The predicted octanol–water partition coefficient (Wildman–Crippen LogP) is 5.57. The predicted molar refractivity (Wildman–Crippen MR) is 131 cm³/mol. The van der Waals surface area contributed by atoms with Gasteiger partial charge in [-0.2, -0.15) is 0 Å². The summed E-state index contributed by atoms with van der Waals surface area (Å²) in [6.07, 6.45) is 2.14. The standard InChI is InChI=1S/C25H22ClN3O3S/c1-2-21(17-9-4-3-5-10-17)28-25(30)19-11-6-7-13-22(19)29-33(31,32)23-14-8-12-18-20(26)15-16-27-24(18)23/h3-16,21,29H,2H2,1H3,(H,28,30). The van der Waals surface area contributed by atoms with Crippen LogP contribution in [0.25, 0.3) is 10.9 Å². The molecule has 1 unspecified atom stereocenters. The molecule has 1 atom stereocenters. The van der Waals surface area contributed by atoms with Crippen molar-refractivity contribution < 1.29 is 13.2 Å². The van der Waals surface area contributed by atoms with Gasteiger partial charge in [-0.25, -0.2) is 8.42 Å². The van der Waals surface area contributed by atoms with Crippen molar-refractivity contribution in [3.63, 3.8) is 0 Å². The van der Waals surface area contributed by atoms with E-state index in [-0.39, 0.29) is 33.6 Å². The van der Waals surface area contributed by atoms with Crippen LogP contribution in [0.2, 0.25) is 5.02 Å². The minimum absolute atomic E-state index is 0.0200. The molecule has 0 aliphatic rings. The van der Waals surface area contributed by atoms with Crippen molar-refractivity contribution in [2.24, 2.45) is 0 Å². The molecule has 4 rings (SSSR count). The second-order valence-electron chi connectivity index (χ2n) is 7.44. The first-order valence-corrected chi connectivity index (χ1v) is 12.3. The van der Waals surface area contributed by atoms with Crippen molar-refractivity contribution in [2.75, 3.05) is 4.72 Å². The summed E-state index contributed by atoms with van der Waals surface area (Å²) >= 11 is 6.21. The fourth-order valence-corrected chi connectivity index (χ4v) is 5.11. The molecule has 0 aliphatic heterocycles. The van der Waals surface area contributed by atoms with Gasteiger partial charge in [0.25, 0.3) is 15.9 Å². The number of pyridine rings is 1. The average molecular weight is 480 g/mol. The number of para-hydroxylation sites is 2. The van der Waals surface area contributed by atoms with Crippen molar-refractivity contribution in [3.8, 4) is 0 Å². The van der Waals surface area contributed by atoms with Crippen LogP contribution in [-0.4, -0.2) is 19.3 Å². The number of halogens is 1. The van der Waals surface area contributed by atoms with Gasteiger partial charge in [0, 0.05) is 11.6 Å². The highest BCUT2D eigenvalue weighted by Gasteiger charge is 2.23. The molecule has 168 valence electrons. The van der Waals surface area contributed by atoms with E-state index in [0.717, 1.165) is 5.56 Å². The van der Waals surface area contributed by atoms with Gasteiger partial charge in [0.05, 0.1) is 27.8 Å². The zero-order valence-corrected chi connectivity index (χ0v) is 19.4. The third kappa shape index (κ3) is 4.84. The van der Waals surface area contributed by atoms with Crippen LogP contribution < -0.4 is 10.0 Å². The summed E-state index contributed by atoms with van der Waals surface area (Å²) in [6, 6.07) is 22.3. The number of aromatic nitrogens is 1. The van der Waals surface area contributed by atoms with Gasteiger partial charge < -0.3 is 5.32 Å². The van der Waals surface area contributed by atoms with Crippen molar-refractivity contribution in [1.82, 2.24) is 10.3 Å². The van der Waals surface area contributed by atoms with E-state index in [9.17, 15) is 13.2 Å². The third-order valence-electron chi connectivity index (χ3n) is 5.30. The molecule has 1 amide bonds. The lowest BCUT2D eigenvalue weighted by Gasteiger charge is -2.19. The van der Waals surface area contributed by atoms with Gasteiger partial charge in [-0.1, -0.05) is 73.1 Å². The molecule has 1 heterocycles. The van der Waals surface area contributed by atoms with Crippen LogP contribution in [-0.2, 0) is 10.0 Å². The average Bonchev–Trinajstić information content (AvgIpc) is 2.83. The zero-order valence-electron chi connectivity index (χ0n) is 17.8. The van der Waals surface area contributed by atoms with Gasteiger partial charge in [-0.05, 0) is 36.2 Å². The highest BCUT2D eigenvalue weighted by atomic mass is 35.5. The van der Waals surface area contributed by atoms with Gasteiger partial charge >= 0.3 is 0 Å². The first kappa shape index (κ1) is 22.8. The number of carbonyl (C=O) groups excluding carboxylic acids is 1. The number of amides is 1. The molecule has 8 heteroatoms. The molecule has 0 saturated carbocycles. The van der Waals surface area contributed by atoms with E-state index < -0.39 is 10.0 Å². The molecule has 0 spiro atoms. The Labute approximate surface area is 197 Å². The SMILES string of the molecule is CCC(NC(=O)c1ccccc1NS(=O)(=O)c1cccc2c(Cl)ccnc12)c1ccccc1. The maximum atomic E-state index is 13.3. The molecule has 3 aromatic carbocycles. The normalized spacial score (nSPS) is 12.3. The van der Waals surface area contributed by atoms with Crippen LogP contribution in [0, 0.1) is 0 Å². The Hall–Kier alpha value is -3.42. The lowest BCUT2D eigenvalue weighted by molar-refractivity contribution is 0.0936. The summed E-state index contributed by atoms with van der Waals surface area (Å²) in [5.41, 5.74) is 1.64. The number of carbonyl (C=O) groups is 1. The molecule has 2 N–H and O–H groups in total. The quantitative estimate of drug-likeness (QED) is 0.362. The highest BCUT2D eigenvalue weighted by Crippen LogP contribution is 2.29. The summed E-state index contributed by atoms with van der Waals surface area (Å²) in [4.78, 5) is 17.3. The van der Waals surface area contributed by atoms with Crippen LogP contribution in [0.4, 0.5) is 5.69 Å². The molecule has 4 aromatic rings. The van der Waals surface area contributed by atoms with Crippen molar-refractivity contribution in [3.05, 3.63) is 101 Å². The summed E-state index contributed by atoms with van der Waals surface area (Å²) in [5.74, 6) is -0.372. The summed E-state index contributed by atoms with van der Waals surface area (Å²) in [7, 11) is -4.05. The van der Waals surface area contributed by atoms with Crippen LogP contribution in [0.3, 0.4) is 0 Å². The van der Waals surface area contributed by atoms with Gasteiger partial charge in [-0.15, -0.1) is 0 Å². The smallest absolute Gasteiger partial charge is 0.264 e. The Morgan fingerprint density at radius 1 is 0.970 bits per heavy atom. The largest absolute Gasteiger partial charge is 0.345 e. The van der Waals surface area contributed by atoms with E-state index in [0.29, 0.717) is 16.8 Å². The Morgan fingerprint density at radius 3 is 2.45 bits per heavy atom. The van der Waals surface area contributed by atoms with E-state index in [2.05, 4.69) is 15.0 Å². The number of anilines is 1. The zero-order chi connectivity index (χ0) is 23.4. The molecule has 6 nitrogen and oxygen atoms in total. The number of fused-ring (bicyclic) bond motifs is 1. The molecule has 0 radical (unpaired) electrons. The molecular weight excluding hydrogens is 458 g/mol. The topological polar surface area (TPSA) is 88.2 Å². The molecule has 1 aromatic heterocycles. The van der Waals surface area contributed by atoms with Crippen LogP contribution in [0.5, 0.6) is 0 Å². The molecule has 33 heavy (non-hydrogen) atoms. The van der Waals surface area contributed by atoms with Gasteiger partial charge in [0.15, 0.2) is 0 Å². The lowest BCUT2D eigenvalue weighted by atomic mass is 10.0. The second-order valence-corrected chi connectivity index (χ2v) is 9.50. The van der Waals surface area contributed by atoms with Gasteiger partial charge in [0.1, 0.15) is 4.90 Å². The van der Waals surface area contributed by atoms with E-state index in [1.54, 1.807) is 42.5 Å². The Kier molecular flexibility index (Phi) is 6.62. The Morgan fingerprint density at radius 2 is 1.70 bits per heavy atom. The summed E-state index contributed by atoms with van der Waals surface area (Å²) < 4.78 is 29.1. The fourth-order valence-electron chi connectivity index (χ4n) is 3.64. The molecular formula is C25H22ClN3O3S. The van der Waals surface area contributed by atoms with Crippen molar-refractivity contribution in [1.29, 1.82) is 0 Å². The fraction of sp³-hybridized carbons (Fsp3) is 0.120. The maximum absolute atomic E-state index is 13.3. The highest BCUT2D eigenvalue weighted by molar-refractivity contribution is 7.93. The number of benzene rings is 3. The summed E-state index contributed by atoms with van der Waals surface area (Å²) in [5, 5.41) is 3.93. The maximum Gasteiger partial charge on any atom is 0.264 e. The lowest BCUT2D eigenvalue weighted by Crippen LogP contribution is -2.29. The molecule has 0 bridgehead atoms. The van der Waals surface area contributed by atoms with Gasteiger partial charge in [0.2, 0.25) is 0 Å². The van der Waals surface area contributed by atoms with Crippen molar-refractivity contribution in [2.45, 2.75) is 24.3 Å².